The molecule has 8 heteroatoms. The summed E-state index contributed by atoms with van der Waals surface area (Å²) in [5.41, 5.74) is 0. The summed E-state index contributed by atoms with van der Waals surface area (Å²) in [6.45, 7) is 1.31. The molecule has 88 valence electrons. The molecule has 1 amide bonds. The summed E-state index contributed by atoms with van der Waals surface area (Å²) in [7, 11) is 0. The number of hydrogen-bond donors (Lipinski definition) is 1. The van der Waals surface area contributed by atoms with E-state index in [1.807, 2.05) is 0 Å². The summed E-state index contributed by atoms with van der Waals surface area (Å²) in [5.74, 6) is -0.0584. The monoisotopic (exact) mass is 272 g/mol. The van der Waals surface area contributed by atoms with Crippen molar-refractivity contribution in [2.24, 2.45) is 0 Å². The molecule has 0 spiro atoms. The number of carbonyl (C=O) groups excluding carboxylic acids is 1. The maximum Gasteiger partial charge on any atom is 1.00 e. The van der Waals surface area contributed by atoms with Gasteiger partial charge in [-0.3, -0.25) is 0 Å². The van der Waals surface area contributed by atoms with Gasteiger partial charge in [0.2, 0.25) is 0 Å². The average Bonchev–Trinajstić information content (AvgIpc) is 2.61. The molecule has 0 saturated carbocycles. The number of hydrogen-bond acceptors (Lipinski definition) is 3. The molecule has 0 aliphatic heterocycles. The van der Waals surface area contributed by atoms with Crippen molar-refractivity contribution in [3.05, 3.63) is 21.9 Å². The van der Waals surface area contributed by atoms with Crippen LogP contribution in [0.1, 0.15) is 16.7 Å². The maximum atomic E-state index is 12.3. The summed E-state index contributed by atoms with van der Waals surface area (Å²) < 4.78 is 36.8. The maximum absolute atomic E-state index is 12.3. The molecular weight excluding hydrogens is 264 g/mol. The van der Waals surface area contributed by atoms with Crippen LogP contribution in [0.15, 0.2) is 12.1 Å². The van der Waals surface area contributed by atoms with Crippen molar-refractivity contribution in [3.8, 4) is 0 Å². The number of amides is 1. The van der Waals surface area contributed by atoms with E-state index in [-0.39, 0.29) is 41.9 Å². The Bertz CT molecular complexity index is 405. The first-order valence-corrected chi connectivity index (χ1v) is 5.02. The molecule has 0 fully saturated rings. The minimum absolute atomic E-state index is 0. The molecule has 0 bridgehead atoms. The van der Waals surface area contributed by atoms with E-state index in [9.17, 15) is 18.0 Å². The number of rotatable bonds is 3. The molecule has 0 saturated heterocycles. The van der Waals surface area contributed by atoms with Gasteiger partial charge in [0.1, 0.15) is 4.88 Å². The summed E-state index contributed by atoms with van der Waals surface area (Å²) in [5, 5.41) is 7.18. The Morgan fingerprint density at radius 3 is 2.47 bits per heavy atom. The second-order valence-corrected chi connectivity index (χ2v) is 4.19. The number of alkyl halides is 3. The van der Waals surface area contributed by atoms with Crippen LogP contribution in [0.25, 0.3) is 0 Å². The molecule has 0 unspecified atom stereocenters. The van der Waals surface area contributed by atoms with Gasteiger partial charge in [0.15, 0.2) is 0 Å². The molecule has 1 rings (SSSR count). The van der Waals surface area contributed by atoms with E-state index < -0.39 is 11.1 Å². The summed E-state index contributed by atoms with van der Waals surface area (Å²) in [4.78, 5) is 11.0. The first kappa shape index (κ1) is 16.6. The molecular formula is C9H8F3N2NaOS. The normalized spacial score (nSPS) is 10.6. The topological polar surface area (TPSA) is 44.2 Å². The fourth-order valence-electron chi connectivity index (χ4n) is 0.990. The van der Waals surface area contributed by atoms with Crippen molar-refractivity contribution >= 4 is 23.6 Å². The SMILES string of the molecule is CC(=N)N([C-]=O)Cc1ccc(C(F)(F)F)s1.[Na+]. The molecule has 0 radical (unpaired) electrons. The molecule has 1 heterocycles. The summed E-state index contributed by atoms with van der Waals surface area (Å²) in [6.07, 6.45) is -2.88. The van der Waals surface area contributed by atoms with E-state index in [1.54, 1.807) is 0 Å². The van der Waals surface area contributed by atoms with E-state index >= 15 is 0 Å². The Morgan fingerprint density at radius 2 is 2.12 bits per heavy atom. The van der Waals surface area contributed by atoms with Crippen LogP contribution in [0.5, 0.6) is 0 Å². The first-order valence-electron chi connectivity index (χ1n) is 4.21. The Kier molecular flexibility index (Phi) is 6.39. The third-order valence-corrected chi connectivity index (χ3v) is 2.88. The van der Waals surface area contributed by atoms with Gasteiger partial charge in [-0.25, -0.2) is 0 Å². The van der Waals surface area contributed by atoms with Gasteiger partial charge in [0.05, 0.1) is 6.41 Å². The van der Waals surface area contributed by atoms with Gasteiger partial charge in [-0.2, -0.15) is 13.2 Å². The third-order valence-electron chi connectivity index (χ3n) is 1.77. The van der Waals surface area contributed by atoms with E-state index in [0.29, 0.717) is 16.2 Å². The van der Waals surface area contributed by atoms with Crippen molar-refractivity contribution in [1.82, 2.24) is 4.90 Å². The number of nitrogens with one attached hydrogen (secondary N) is 1. The Labute approximate surface area is 122 Å². The molecule has 0 atom stereocenters. The predicted octanol–water partition coefficient (Wildman–Crippen LogP) is -0.363. The quantitative estimate of drug-likeness (QED) is 0.264. The van der Waals surface area contributed by atoms with Gasteiger partial charge >= 0.3 is 35.7 Å². The molecule has 1 N–H and O–H groups in total. The smallest absolute Gasteiger partial charge is 0.462 e. The zero-order valence-corrected chi connectivity index (χ0v) is 12.1. The molecule has 1 aromatic heterocycles. The number of amidine groups is 1. The van der Waals surface area contributed by atoms with Crippen molar-refractivity contribution in [2.45, 2.75) is 19.6 Å². The zero-order chi connectivity index (χ0) is 12.3. The van der Waals surface area contributed by atoms with Gasteiger partial charge in [-0.1, -0.05) is 12.8 Å². The summed E-state index contributed by atoms with van der Waals surface area (Å²) >= 11 is 0.559. The van der Waals surface area contributed by atoms with Crippen molar-refractivity contribution in [3.63, 3.8) is 0 Å². The van der Waals surface area contributed by atoms with E-state index in [4.69, 9.17) is 5.41 Å². The second kappa shape index (κ2) is 6.53. The second-order valence-electron chi connectivity index (χ2n) is 3.03. The fraction of sp³-hybridized carbons (Fsp3) is 0.333. The van der Waals surface area contributed by atoms with Crippen LogP contribution in [0, 0.1) is 5.41 Å². The van der Waals surface area contributed by atoms with E-state index in [1.165, 1.54) is 19.4 Å². The van der Waals surface area contributed by atoms with E-state index in [0.717, 1.165) is 11.0 Å². The molecule has 0 aromatic carbocycles. The Balaban J connectivity index is 0.00000256. The molecule has 3 nitrogen and oxygen atoms in total. The molecule has 17 heavy (non-hydrogen) atoms. The van der Waals surface area contributed by atoms with Crippen LogP contribution in [0.3, 0.4) is 0 Å². The Morgan fingerprint density at radius 1 is 1.53 bits per heavy atom. The van der Waals surface area contributed by atoms with Crippen LogP contribution in [0.2, 0.25) is 0 Å². The largest absolute Gasteiger partial charge is 1.00 e. The standard InChI is InChI=1S/C9H8F3N2OS.Na/c1-6(13)14(5-15)4-7-2-3-8(16-7)9(10,11)12;/h2-3,13H,4H2,1H3;/q-1;+1. The van der Waals surface area contributed by atoms with Gasteiger partial charge in [-0.05, 0) is 12.1 Å². The van der Waals surface area contributed by atoms with Crippen LogP contribution in [-0.4, -0.2) is 17.1 Å². The zero-order valence-electron chi connectivity index (χ0n) is 9.26. The average molecular weight is 272 g/mol. The van der Waals surface area contributed by atoms with Crippen molar-refractivity contribution in [2.75, 3.05) is 0 Å². The molecule has 0 aliphatic rings. The third kappa shape index (κ3) is 4.79. The number of halogens is 3. The number of nitrogens with zero attached hydrogens (tertiary/aromatic N) is 1. The molecule has 0 aliphatic carbocycles. The minimum Gasteiger partial charge on any atom is -0.462 e. The van der Waals surface area contributed by atoms with Crippen LogP contribution < -0.4 is 29.6 Å². The fourth-order valence-corrected chi connectivity index (χ4v) is 1.85. The van der Waals surface area contributed by atoms with Crippen molar-refractivity contribution in [1.29, 1.82) is 5.41 Å². The number of thiophene rings is 1. The van der Waals surface area contributed by atoms with Crippen LogP contribution in [-0.2, 0) is 17.5 Å². The van der Waals surface area contributed by atoms with Crippen LogP contribution >= 0.6 is 11.3 Å². The van der Waals surface area contributed by atoms with Crippen LogP contribution in [0.4, 0.5) is 13.2 Å². The minimum atomic E-state index is -4.36. The first-order chi connectivity index (χ1) is 7.34. The van der Waals surface area contributed by atoms with E-state index in [2.05, 4.69) is 0 Å². The van der Waals surface area contributed by atoms with Gasteiger partial charge in [0.25, 0.3) is 0 Å². The van der Waals surface area contributed by atoms with Gasteiger partial charge in [-0.15, -0.1) is 11.3 Å². The van der Waals surface area contributed by atoms with Crippen molar-refractivity contribution < 1.29 is 47.5 Å². The summed E-state index contributed by atoms with van der Waals surface area (Å²) in [6, 6.07) is 2.25. The van der Waals surface area contributed by atoms with Gasteiger partial charge in [0, 0.05) is 11.4 Å². The Hall–Kier alpha value is -0.370. The molecule has 1 aromatic rings. The predicted molar refractivity (Wildman–Crippen MR) is 54.0 cm³/mol. The van der Waals surface area contributed by atoms with Gasteiger partial charge < -0.3 is 15.1 Å².